The smallest absolute Gasteiger partial charge is 0.329 e. The molecule has 1 unspecified atom stereocenters. The molecule has 4 heterocycles. The molecule has 4 aromatic rings. The number of para-hydroxylation sites is 1. The van der Waals surface area contributed by atoms with Crippen LogP contribution in [0.3, 0.4) is 0 Å². The molecule has 18 nitrogen and oxygen atoms in total. The van der Waals surface area contributed by atoms with Crippen molar-refractivity contribution in [2.24, 2.45) is 18.5 Å². The van der Waals surface area contributed by atoms with Crippen LogP contribution in [-0.2, 0) is 82.3 Å². The number of nitrogens with zero attached hydrogens (tertiary/aromatic N) is 3. The second kappa shape index (κ2) is 23.5. The molecule has 0 aliphatic carbocycles. The minimum absolute atomic E-state index is 0.0744. The van der Waals surface area contributed by atoms with Crippen molar-refractivity contribution in [3.8, 4) is 0 Å². The number of imidazole rings is 1. The Bertz CT molecular complexity index is 2480. The number of amides is 5. The van der Waals surface area contributed by atoms with Crippen LogP contribution in [0.25, 0.3) is 11.0 Å². The monoisotopic (exact) mass is 925 g/mol. The van der Waals surface area contributed by atoms with Crippen molar-refractivity contribution in [1.29, 1.82) is 0 Å². The van der Waals surface area contributed by atoms with Gasteiger partial charge in [0.15, 0.2) is 0 Å². The minimum atomic E-state index is -0.833. The normalized spacial score (nSPS) is 18.7. The maximum Gasteiger partial charge on any atom is 0.329 e. The molecule has 1 aromatic heterocycles. The van der Waals surface area contributed by atoms with Gasteiger partial charge in [-0.25, -0.2) is 4.79 Å². The summed E-state index contributed by atoms with van der Waals surface area (Å²) in [7, 11) is 1.69. The molecule has 5 amide bonds. The molecule has 3 aromatic carbocycles. The van der Waals surface area contributed by atoms with Crippen molar-refractivity contribution in [2.75, 3.05) is 31.3 Å². The highest BCUT2D eigenvalue weighted by Gasteiger charge is 2.43. The number of hydrogen-bond donors (Lipinski definition) is 5. The number of rotatable bonds is 21. The van der Waals surface area contributed by atoms with Gasteiger partial charge in [-0.3, -0.25) is 48.1 Å². The Morgan fingerprint density at radius 1 is 0.866 bits per heavy atom. The van der Waals surface area contributed by atoms with Gasteiger partial charge in [0.05, 0.1) is 54.7 Å². The standard InChI is InChI=1S/C47H59N7O9.C2H4O2/c1-29(36(17-20-41(49)55)50-45(58)40-27-34-9-3-8-33-15-16-35(48)46(59)54(40)43(33)34)63-28-32-12-10-30(11-13-32)6-4-22-61-24-25-62-23-5-7-31-14-18-37-39(26-31)52(2)47(60)53(37)38-19-21-42(56)51-44(38)57;1-2(3)4/h3,8-14,18,26,29,35-36,38,40H,4-7,15-17,19-25,27-28,48H2,1-2H3,(H2,49,55)(H,50,58)(H,51,56,57);1H3,(H,3,4)/t29-,35+,36+,38?,40+;/m1./s1. The van der Waals surface area contributed by atoms with Crippen LogP contribution in [0.5, 0.6) is 0 Å². The third-order valence-corrected chi connectivity index (χ3v) is 12.4. The maximum absolute atomic E-state index is 13.8. The van der Waals surface area contributed by atoms with Crippen LogP contribution >= 0.6 is 0 Å². The summed E-state index contributed by atoms with van der Waals surface area (Å²) in [5.41, 5.74) is 18.8. The van der Waals surface area contributed by atoms with Gasteiger partial charge >= 0.3 is 5.69 Å². The van der Waals surface area contributed by atoms with Gasteiger partial charge < -0.3 is 36.1 Å². The largest absolute Gasteiger partial charge is 0.481 e. The number of aryl methyl sites for hydroxylation is 4. The quantitative estimate of drug-likeness (QED) is 0.0598. The highest BCUT2D eigenvalue weighted by Crippen LogP contribution is 2.39. The molecule has 1 fully saturated rings. The molecule has 67 heavy (non-hydrogen) atoms. The number of carbonyl (C=O) groups is 6. The molecule has 0 radical (unpaired) electrons. The van der Waals surface area contributed by atoms with E-state index in [4.69, 9.17) is 35.6 Å². The lowest BCUT2D eigenvalue weighted by atomic mass is 10.0. The lowest BCUT2D eigenvalue weighted by Crippen LogP contribution is -2.55. The first-order valence-electron chi connectivity index (χ1n) is 23.0. The van der Waals surface area contributed by atoms with Crippen LogP contribution in [0.4, 0.5) is 5.69 Å². The van der Waals surface area contributed by atoms with Gasteiger partial charge in [-0.2, -0.15) is 0 Å². The molecule has 7 N–H and O–H groups in total. The number of piperidine rings is 1. The fourth-order valence-corrected chi connectivity index (χ4v) is 8.88. The molecule has 3 aliphatic rings. The zero-order valence-corrected chi connectivity index (χ0v) is 38.5. The second-order valence-electron chi connectivity index (χ2n) is 17.4. The average molecular weight is 926 g/mol. The third-order valence-electron chi connectivity index (χ3n) is 12.4. The number of primary amides is 1. The van der Waals surface area contributed by atoms with E-state index in [0.717, 1.165) is 66.1 Å². The minimum Gasteiger partial charge on any atom is -0.481 e. The predicted molar refractivity (Wildman–Crippen MR) is 249 cm³/mol. The van der Waals surface area contributed by atoms with Gasteiger partial charge in [0.2, 0.25) is 29.5 Å². The molecule has 360 valence electrons. The molecule has 1 saturated heterocycles. The number of fused-ring (bicyclic) bond motifs is 1. The van der Waals surface area contributed by atoms with Gasteiger partial charge in [-0.05, 0) is 98.2 Å². The lowest BCUT2D eigenvalue weighted by molar-refractivity contribution is -0.136. The van der Waals surface area contributed by atoms with Crippen LogP contribution in [0.1, 0.15) is 92.7 Å². The Hall–Kier alpha value is -6.21. The molecule has 0 bridgehead atoms. The van der Waals surface area contributed by atoms with E-state index in [1.165, 1.54) is 10.1 Å². The van der Waals surface area contributed by atoms with Crippen LogP contribution in [0.2, 0.25) is 0 Å². The average Bonchev–Trinajstić information content (AvgIpc) is 3.76. The Morgan fingerprint density at radius 2 is 1.51 bits per heavy atom. The third kappa shape index (κ3) is 13.0. The summed E-state index contributed by atoms with van der Waals surface area (Å²) in [5, 5.41) is 12.8. The molecule has 0 saturated carbocycles. The molecule has 7 rings (SSSR count). The van der Waals surface area contributed by atoms with Gasteiger partial charge in [-0.15, -0.1) is 0 Å². The Morgan fingerprint density at radius 3 is 2.18 bits per heavy atom. The number of nitrogens with one attached hydrogen (secondary N) is 2. The van der Waals surface area contributed by atoms with Gasteiger partial charge in [0.25, 0.3) is 5.97 Å². The number of carbonyl (C=O) groups excluding carboxylic acids is 5. The first-order chi connectivity index (χ1) is 32.1. The summed E-state index contributed by atoms with van der Waals surface area (Å²) in [4.78, 5) is 86.6. The molecule has 18 heteroatoms. The van der Waals surface area contributed by atoms with Crippen molar-refractivity contribution in [2.45, 2.75) is 121 Å². The molecular formula is C49H63N7O11. The van der Waals surface area contributed by atoms with E-state index in [2.05, 4.69) is 22.8 Å². The SMILES string of the molecule is CC(=O)O.C[C@@H](OCc1ccc(CCCOCCOCCCc2ccc3c(c2)n(C)c(=O)n3C2CCC(=O)NC2=O)cc1)[C@H](CCC(N)=O)NC(=O)[C@@H]1Cc2cccc3c2N1C(=O)[C@@H](N)CC3. The van der Waals surface area contributed by atoms with Crippen LogP contribution in [0.15, 0.2) is 65.5 Å². The molecule has 5 atom stereocenters. The number of ether oxygens (including phenoxy) is 3. The Balaban J connectivity index is 0.00000178. The second-order valence-corrected chi connectivity index (χ2v) is 17.4. The van der Waals surface area contributed by atoms with E-state index < -0.39 is 48.1 Å². The maximum atomic E-state index is 13.8. The van der Waals surface area contributed by atoms with Crippen molar-refractivity contribution in [3.63, 3.8) is 0 Å². The number of carboxylic acids is 1. The molecule has 3 aliphatic heterocycles. The van der Waals surface area contributed by atoms with E-state index in [0.29, 0.717) is 70.7 Å². The van der Waals surface area contributed by atoms with Crippen LogP contribution < -0.4 is 32.7 Å². The Kier molecular flexibility index (Phi) is 17.6. The highest BCUT2D eigenvalue weighted by molar-refractivity contribution is 6.07. The van der Waals surface area contributed by atoms with E-state index in [1.54, 1.807) is 16.5 Å². The van der Waals surface area contributed by atoms with Gasteiger partial charge in [-0.1, -0.05) is 48.5 Å². The summed E-state index contributed by atoms with van der Waals surface area (Å²) in [6.07, 6.45) is 5.28. The van der Waals surface area contributed by atoms with Crippen molar-refractivity contribution >= 4 is 52.2 Å². The van der Waals surface area contributed by atoms with Crippen LogP contribution in [-0.4, -0.2) is 100 Å². The molecular weight excluding hydrogens is 863 g/mol. The number of anilines is 1. The van der Waals surface area contributed by atoms with E-state index in [9.17, 15) is 28.8 Å². The number of hydrogen-bond acceptors (Lipinski definition) is 11. The summed E-state index contributed by atoms with van der Waals surface area (Å²) >= 11 is 0. The fraction of sp³-hybridized carbons (Fsp3) is 0.490. The zero-order chi connectivity index (χ0) is 48.2. The van der Waals surface area contributed by atoms with Crippen molar-refractivity contribution < 1.29 is 48.1 Å². The van der Waals surface area contributed by atoms with Gasteiger partial charge in [0, 0.05) is 46.4 Å². The zero-order valence-electron chi connectivity index (χ0n) is 38.5. The summed E-state index contributed by atoms with van der Waals surface area (Å²) in [5.74, 6) is -2.64. The number of aromatic nitrogens is 2. The van der Waals surface area contributed by atoms with Gasteiger partial charge in [0.1, 0.15) is 12.1 Å². The predicted octanol–water partition coefficient (Wildman–Crippen LogP) is 2.89. The number of imide groups is 1. The summed E-state index contributed by atoms with van der Waals surface area (Å²) < 4.78 is 20.9. The Labute approximate surface area is 389 Å². The van der Waals surface area contributed by atoms with Crippen LogP contribution in [0, 0.1) is 0 Å². The number of carboxylic acid groups (broad SMARTS) is 1. The van der Waals surface area contributed by atoms with Crippen molar-refractivity contribution in [3.05, 3.63) is 99.0 Å². The first kappa shape index (κ1) is 50.2. The number of aliphatic carboxylic acids is 1. The molecule has 0 spiro atoms. The van der Waals surface area contributed by atoms with E-state index in [-0.39, 0.29) is 36.3 Å². The fourth-order valence-electron chi connectivity index (χ4n) is 8.88. The van der Waals surface area contributed by atoms with Crippen molar-refractivity contribution in [1.82, 2.24) is 19.8 Å². The number of benzene rings is 3. The van der Waals surface area contributed by atoms with E-state index >= 15 is 0 Å². The lowest BCUT2D eigenvalue weighted by Gasteiger charge is -2.30. The first-order valence-corrected chi connectivity index (χ1v) is 23.0. The van der Waals surface area contributed by atoms with E-state index in [1.807, 2.05) is 55.5 Å². The highest BCUT2D eigenvalue weighted by atomic mass is 16.5. The topological polar surface area (TPSA) is 257 Å². The summed E-state index contributed by atoms with van der Waals surface area (Å²) in [6, 6.07) is 17.2. The number of nitrogens with two attached hydrogens (primary N) is 2. The summed E-state index contributed by atoms with van der Waals surface area (Å²) in [6.45, 7) is 5.42.